The standard InChI is InChI=1S/C22H20N6O2S/c29-21(16-13-20-25-5-1-8-28(20)26-16)27-9-3-22(4-10-27)15-12-19(17-14-23-6-7-24-17)31-18(15)2-11-30-22/h1,5-8,12-14H,2-4,9-11H2. The molecule has 0 bridgehead atoms. The molecular formula is C22H20N6O2S. The Labute approximate surface area is 182 Å². The first-order valence-electron chi connectivity index (χ1n) is 10.4. The molecular weight excluding hydrogens is 412 g/mol. The van der Waals surface area contributed by atoms with Crippen LogP contribution >= 0.6 is 11.3 Å². The molecule has 0 N–H and O–H groups in total. The number of aromatic nitrogens is 5. The number of hydrogen-bond acceptors (Lipinski definition) is 7. The van der Waals surface area contributed by atoms with Gasteiger partial charge in [-0.15, -0.1) is 11.3 Å². The molecule has 0 aliphatic carbocycles. The third kappa shape index (κ3) is 3.12. The van der Waals surface area contributed by atoms with Crippen molar-refractivity contribution in [3.63, 3.8) is 0 Å². The molecule has 1 spiro atoms. The van der Waals surface area contributed by atoms with Crippen molar-refractivity contribution in [2.45, 2.75) is 24.9 Å². The number of piperidine rings is 1. The van der Waals surface area contributed by atoms with Crippen LogP contribution in [0.4, 0.5) is 0 Å². The normalized spacial score (nSPS) is 17.7. The number of nitrogens with zero attached hydrogens (tertiary/aromatic N) is 6. The highest BCUT2D eigenvalue weighted by Crippen LogP contribution is 2.46. The molecule has 1 saturated heterocycles. The van der Waals surface area contributed by atoms with E-state index in [1.54, 1.807) is 59.0 Å². The van der Waals surface area contributed by atoms with Crippen molar-refractivity contribution in [1.29, 1.82) is 0 Å². The SMILES string of the molecule is O=C(c1cc2ncccn2n1)N1CCC2(CC1)OCCc1sc(-c3cnccn3)cc12. The average molecular weight is 433 g/mol. The zero-order chi connectivity index (χ0) is 20.8. The summed E-state index contributed by atoms with van der Waals surface area (Å²) in [7, 11) is 0. The minimum atomic E-state index is -0.332. The molecule has 156 valence electrons. The van der Waals surface area contributed by atoms with Crippen LogP contribution in [0.1, 0.15) is 33.8 Å². The van der Waals surface area contributed by atoms with E-state index in [4.69, 9.17) is 4.74 Å². The number of hydrogen-bond donors (Lipinski definition) is 0. The summed E-state index contributed by atoms with van der Waals surface area (Å²) in [4.78, 5) is 30.3. The molecule has 2 aliphatic rings. The van der Waals surface area contributed by atoms with Crippen molar-refractivity contribution in [3.05, 3.63) is 65.3 Å². The van der Waals surface area contributed by atoms with Crippen LogP contribution < -0.4 is 0 Å². The molecule has 1 amide bonds. The van der Waals surface area contributed by atoms with Gasteiger partial charge in [0, 0.05) is 55.2 Å². The Bertz CT molecular complexity index is 1230. The highest BCUT2D eigenvalue weighted by Gasteiger charge is 2.43. The number of carbonyl (C=O) groups is 1. The molecule has 1 fully saturated rings. The molecule has 8 nitrogen and oxygen atoms in total. The van der Waals surface area contributed by atoms with Crippen molar-refractivity contribution in [3.8, 4) is 10.6 Å². The lowest BCUT2D eigenvalue weighted by Gasteiger charge is -2.43. The first kappa shape index (κ1) is 18.6. The van der Waals surface area contributed by atoms with Gasteiger partial charge in [0.05, 0.1) is 29.0 Å². The van der Waals surface area contributed by atoms with Gasteiger partial charge < -0.3 is 9.64 Å². The predicted molar refractivity (Wildman–Crippen MR) is 115 cm³/mol. The van der Waals surface area contributed by atoms with E-state index in [1.165, 1.54) is 10.4 Å². The second kappa shape index (κ2) is 7.21. The topological polar surface area (TPSA) is 85.5 Å². The number of rotatable bonds is 2. The Morgan fingerprint density at radius 2 is 2.03 bits per heavy atom. The molecule has 2 aliphatic heterocycles. The Balaban J connectivity index is 1.24. The third-order valence-electron chi connectivity index (χ3n) is 6.14. The van der Waals surface area contributed by atoms with Crippen LogP contribution in [0.15, 0.2) is 49.2 Å². The van der Waals surface area contributed by atoms with Gasteiger partial charge in [-0.3, -0.25) is 14.8 Å². The van der Waals surface area contributed by atoms with Crippen molar-refractivity contribution >= 4 is 22.9 Å². The Hall–Kier alpha value is -3.17. The first-order valence-corrected chi connectivity index (χ1v) is 11.2. The van der Waals surface area contributed by atoms with Gasteiger partial charge in [0.2, 0.25) is 0 Å². The summed E-state index contributed by atoms with van der Waals surface area (Å²) in [6.45, 7) is 1.98. The van der Waals surface area contributed by atoms with Crippen molar-refractivity contribution in [2.75, 3.05) is 19.7 Å². The lowest BCUT2D eigenvalue weighted by molar-refractivity contribution is -0.0926. The van der Waals surface area contributed by atoms with E-state index in [-0.39, 0.29) is 11.5 Å². The molecule has 9 heteroatoms. The Morgan fingerprint density at radius 3 is 2.84 bits per heavy atom. The van der Waals surface area contributed by atoms with Crippen LogP contribution in [0.2, 0.25) is 0 Å². The van der Waals surface area contributed by atoms with Gasteiger partial charge in [0.15, 0.2) is 11.3 Å². The van der Waals surface area contributed by atoms with Crippen molar-refractivity contribution in [2.24, 2.45) is 0 Å². The molecule has 0 saturated carbocycles. The van der Waals surface area contributed by atoms with Crippen molar-refractivity contribution in [1.82, 2.24) is 29.5 Å². The van der Waals surface area contributed by atoms with E-state index >= 15 is 0 Å². The molecule has 0 radical (unpaired) electrons. The van der Waals surface area contributed by atoms with E-state index in [0.29, 0.717) is 31.0 Å². The summed E-state index contributed by atoms with van der Waals surface area (Å²) in [5.74, 6) is -0.0537. The maximum Gasteiger partial charge on any atom is 0.274 e. The highest BCUT2D eigenvalue weighted by molar-refractivity contribution is 7.15. The predicted octanol–water partition coefficient (Wildman–Crippen LogP) is 2.95. The summed E-state index contributed by atoms with van der Waals surface area (Å²) in [6.07, 6.45) is 11.2. The summed E-state index contributed by atoms with van der Waals surface area (Å²) in [5, 5.41) is 4.39. The zero-order valence-electron chi connectivity index (χ0n) is 16.8. The molecule has 6 heterocycles. The number of likely N-dealkylation sites (tertiary alicyclic amines) is 1. The van der Waals surface area contributed by atoms with E-state index < -0.39 is 0 Å². The van der Waals surface area contributed by atoms with Crippen LogP contribution in [0, 0.1) is 0 Å². The van der Waals surface area contributed by atoms with E-state index in [2.05, 4.69) is 26.1 Å². The number of carbonyl (C=O) groups excluding carboxylic acids is 1. The van der Waals surface area contributed by atoms with Gasteiger partial charge in [-0.05, 0) is 30.5 Å². The molecule has 0 atom stereocenters. The minimum Gasteiger partial charge on any atom is -0.370 e. The summed E-state index contributed by atoms with van der Waals surface area (Å²) in [6, 6.07) is 5.76. The summed E-state index contributed by atoms with van der Waals surface area (Å²) < 4.78 is 8.00. The average Bonchev–Trinajstić information content (AvgIpc) is 3.45. The maximum absolute atomic E-state index is 13.0. The zero-order valence-corrected chi connectivity index (χ0v) is 17.6. The minimum absolute atomic E-state index is 0.0537. The van der Waals surface area contributed by atoms with Gasteiger partial charge >= 0.3 is 0 Å². The van der Waals surface area contributed by atoms with Crippen LogP contribution in [0.25, 0.3) is 16.2 Å². The van der Waals surface area contributed by atoms with Gasteiger partial charge in [-0.1, -0.05) is 0 Å². The van der Waals surface area contributed by atoms with E-state index in [1.807, 2.05) is 4.90 Å². The van der Waals surface area contributed by atoms with E-state index in [9.17, 15) is 4.79 Å². The number of thiophene rings is 1. The second-order valence-electron chi connectivity index (χ2n) is 7.88. The lowest BCUT2D eigenvalue weighted by atomic mass is 9.82. The fourth-order valence-electron chi connectivity index (χ4n) is 4.55. The highest BCUT2D eigenvalue weighted by atomic mass is 32.1. The monoisotopic (exact) mass is 432 g/mol. The van der Waals surface area contributed by atoms with Gasteiger partial charge in [-0.2, -0.15) is 5.10 Å². The summed E-state index contributed by atoms with van der Waals surface area (Å²) >= 11 is 1.78. The number of fused-ring (bicyclic) bond motifs is 3. The molecule has 4 aromatic rings. The molecule has 0 aromatic carbocycles. The molecule has 0 unspecified atom stereocenters. The van der Waals surface area contributed by atoms with Gasteiger partial charge in [0.1, 0.15) is 0 Å². The quantitative estimate of drug-likeness (QED) is 0.484. The molecule has 4 aromatic heterocycles. The number of ether oxygens (including phenoxy) is 1. The lowest BCUT2D eigenvalue weighted by Crippen LogP contribution is -2.48. The fraction of sp³-hybridized carbons (Fsp3) is 0.318. The summed E-state index contributed by atoms with van der Waals surface area (Å²) in [5.41, 5.74) is 2.93. The van der Waals surface area contributed by atoms with E-state index in [0.717, 1.165) is 29.8 Å². The van der Waals surface area contributed by atoms with Gasteiger partial charge in [-0.25, -0.2) is 9.50 Å². The largest absolute Gasteiger partial charge is 0.370 e. The molecule has 6 rings (SSSR count). The Morgan fingerprint density at radius 1 is 1.13 bits per heavy atom. The van der Waals surface area contributed by atoms with Crippen LogP contribution in [0.3, 0.4) is 0 Å². The van der Waals surface area contributed by atoms with Gasteiger partial charge in [0.25, 0.3) is 5.91 Å². The smallest absolute Gasteiger partial charge is 0.274 e. The van der Waals surface area contributed by atoms with Crippen LogP contribution in [0.5, 0.6) is 0 Å². The fourth-order valence-corrected chi connectivity index (χ4v) is 5.74. The van der Waals surface area contributed by atoms with Crippen molar-refractivity contribution < 1.29 is 9.53 Å². The second-order valence-corrected chi connectivity index (χ2v) is 9.01. The first-order chi connectivity index (χ1) is 15.2. The van der Waals surface area contributed by atoms with Crippen LogP contribution in [-0.4, -0.2) is 55.1 Å². The Kier molecular flexibility index (Phi) is 4.32. The third-order valence-corrected chi connectivity index (χ3v) is 7.35. The number of amides is 1. The molecule has 31 heavy (non-hydrogen) atoms. The van der Waals surface area contributed by atoms with Crippen LogP contribution in [-0.2, 0) is 16.8 Å². The maximum atomic E-state index is 13.0.